The maximum atomic E-state index is 12.9. The zero-order valence-corrected chi connectivity index (χ0v) is 16.4. The largest absolute Gasteiger partial charge is 0.573 e. The fourth-order valence-corrected chi connectivity index (χ4v) is 4.78. The lowest BCUT2D eigenvalue weighted by Gasteiger charge is -2.23. The van der Waals surface area contributed by atoms with Crippen molar-refractivity contribution in [3.8, 4) is 5.75 Å². The first-order valence-corrected chi connectivity index (χ1v) is 10.3. The predicted molar refractivity (Wildman–Crippen MR) is 100 cm³/mol. The fourth-order valence-electron chi connectivity index (χ4n) is 3.00. The average molecular weight is 449 g/mol. The van der Waals surface area contributed by atoms with E-state index >= 15 is 0 Å². The molecule has 1 saturated heterocycles. The molecule has 1 atom stereocenters. The van der Waals surface area contributed by atoms with Gasteiger partial charge in [0.25, 0.3) is 0 Å². The van der Waals surface area contributed by atoms with Gasteiger partial charge in [0.15, 0.2) is 0 Å². The summed E-state index contributed by atoms with van der Waals surface area (Å²) in [4.78, 5) is 12.6. The number of hydrogen-bond acceptors (Lipinski definition) is 4. The van der Waals surface area contributed by atoms with Crippen molar-refractivity contribution < 1.29 is 31.1 Å². The molecule has 2 aromatic rings. The average Bonchev–Trinajstić information content (AvgIpc) is 3.13. The van der Waals surface area contributed by atoms with Crippen molar-refractivity contribution in [3.63, 3.8) is 0 Å². The SMILES string of the molecule is O=C(Nc1ccc(OC(F)(F)F)cc1)C1CCCN1S(=O)(=O)c1ccc(Cl)cc1. The topological polar surface area (TPSA) is 75.7 Å². The van der Waals surface area contributed by atoms with Crippen LogP contribution in [0.2, 0.25) is 5.02 Å². The summed E-state index contributed by atoms with van der Waals surface area (Å²) in [5.41, 5.74) is 0.222. The zero-order valence-electron chi connectivity index (χ0n) is 14.8. The number of rotatable bonds is 5. The first-order valence-electron chi connectivity index (χ1n) is 8.50. The fraction of sp³-hybridized carbons (Fsp3) is 0.278. The summed E-state index contributed by atoms with van der Waals surface area (Å²) in [5.74, 6) is -0.993. The Kier molecular flexibility index (Phi) is 6.06. The van der Waals surface area contributed by atoms with Crippen LogP contribution in [0.3, 0.4) is 0 Å². The van der Waals surface area contributed by atoms with Crippen LogP contribution in [0.1, 0.15) is 12.8 Å². The number of anilines is 1. The van der Waals surface area contributed by atoms with E-state index in [9.17, 15) is 26.4 Å². The highest BCUT2D eigenvalue weighted by Crippen LogP contribution is 2.28. The Hall–Kier alpha value is -2.30. The summed E-state index contributed by atoms with van der Waals surface area (Å²) < 4.78 is 67.3. The van der Waals surface area contributed by atoms with Gasteiger partial charge < -0.3 is 10.1 Å². The van der Waals surface area contributed by atoms with Gasteiger partial charge in [-0.05, 0) is 61.4 Å². The first kappa shape index (κ1) is 21.4. The molecule has 0 bridgehead atoms. The number of sulfonamides is 1. The number of carbonyl (C=O) groups excluding carboxylic acids is 1. The van der Waals surface area contributed by atoms with Crippen LogP contribution in [0.5, 0.6) is 5.75 Å². The van der Waals surface area contributed by atoms with Gasteiger partial charge >= 0.3 is 6.36 Å². The molecule has 2 aromatic carbocycles. The highest BCUT2D eigenvalue weighted by Gasteiger charge is 2.39. The van der Waals surface area contributed by atoms with Gasteiger partial charge in [-0.15, -0.1) is 13.2 Å². The molecular weight excluding hydrogens is 433 g/mol. The number of nitrogens with one attached hydrogen (secondary N) is 1. The smallest absolute Gasteiger partial charge is 0.406 e. The summed E-state index contributed by atoms with van der Waals surface area (Å²) in [6.45, 7) is 0.182. The summed E-state index contributed by atoms with van der Waals surface area (Å²) in [6.07, 6.45) is -3.98. The van der Waals surface area contributed by atoms with Crippen molar-refractivity contribution in [2.75, 3.05) is 11.9 Å². The van der Waals surface area contributed by atoms with Crippen molar-refractivity contribution in [2.24, 2.45) is 0 Å². The second-order valence-corrected chi connectivity index (χ2v) is 8.62. The number of amides is 1. The number of ether oxygens (including phenoxy) is 1. The molecule has 1 heterocycles. The summed E-state index contributed by atoms with van der Waals surface area (Å²) in [5, 5.41) is 2.92. The molecule has 1 aliphatic rings. The Morgan fingerprint density at radius 2 is 1.72 bits per heavy atom. The molecule has 0 aromatic heterocycles. The van der Waals surface area contributed by atoms with Crippen molar-refractivity contribution >= 4 is 33.2 Å². The van der Waals surface area contributed by atoms with Gasteiger partial charge in [0.05, 0.1) is 4.90 Å². The van der Waals surface area contributed by atoms with Crippen LogP contribution in [0.25, 0.3) is 0 Å². The second-order valence-electron chi connectivity index (χ2n) is 6.29. The minimum Gasteiger partial charge on any atom is -0.406 e. The van der Waals surface area contributed by atoms with Crippen molar-refractivity contribution in [2.45, 2.75) is 30.1 Å². The molecule has 0 aliphatic carbocycles. The Balaban J connectivity index is 1.72. The highest BCUT2D eigenvalue weighted by atomic mass is 35.5. The number of nitrogens with zero attached hydrogens (tertiary/aromatic N) is 1. The van der Waals surface area contributed by atoms with E-state index < -0.39 is 34.1 Å². The predicted octanol–water partition coefficient (Wildman–Crippen LogP) is 4.03. The number of hydrogen-bond donors (Lipinski definition) is 1. The van der Waals surface area contributed by atoms with Gasteiger partial charge in [-0.25, -0.2) is 8.42 Å². The molecule has 0 spiro atoms. The van der Waals surface area contributed by atoms with Crippen LogP contribution >= 0.6 is 11.6 Å². The maximum Gasteiger partial charge on any atom is 0.573 e. The molecule has 29 heavy (non-hydrogen) atoms. The molecule has 1 N–H and O–H groups in total. The monoisotopic (exact) mass is 448 g/mol. The Labute approximate surface area is 170 Å². The van der Waals surface area contributed by atoms with E-state index in [1.165, 1.54) is 36.4 Å². The van der Waals surface area contributed by atoms with Gasteiger partial charge in [-0.3, -0.25) is 4.79 Å². The number of benzene rings is 2. The lowest BCUT2D eigenvalue weighted by atomic mass is 10.2. The van der Waals surface area contributed by atoms with Gasteiger partial charge in [0, 0.05) is 17.3 Å². The summed E-state index contributed by atoms with van der Waals surface area (Å²) >= 11 is 5.79. The van der Waals surface area contributed by atoms with Gasteiger partial charge in [0.2, 0.25) is 15.9 Å². The van der Waals surface area contributed by atoms with Crippen LogP contribution < -0.4 is 10.1 Å². The highest BCUT2D eigenvalue weighted by molar-refractivity contribution is 7.89. The van der Waals surface area contributed by atoms with E-state index in [-0.39, 0.29) is 17.1 Å². The standard InChI is InChI=1S/C18H16ClF3N2O4S/c19-12-3-9-15(10-4-12)29(26,27)24-11-1-2-16(24)17(25)23-13-5-7-14(8-6-13)28-18(20,21)22/h3-10,16H,1-2,11H2,(H,23,25). The third kappa shape index (κ3) is 5.20. The van der Waals surface area contributed by atoms with Crippen LogP contribution in [0.4, 0.5) is 18.9 Å². The van der Waals surface area contributed by atoms with Crippen LogP contribution in [-0.2, 0) is 14.8 Å². The Morgan fingerprint density at radius 1 is 1.10 bits per heavy atom. The Bertz CT molecular complexity index is 980. The van der Waals surface area contributed by atoms with E-state index in [0.717, 1.165) is 16.4 Å². The first-order chi connectivity index (χ1) is 13.6. The number of carbonyl (C=O) groups is 1. The zero-order chi connectivity index (χ0) is 21.2. The van der Waals surface area contributed by atoms with Gasteiger partial charge in [-0.1, -0.05) is 11.6 Å². The second kappa shape index (κ2) is 8.21. The molecule has 1 fully saturated rings. The summed E-state index contributed by atoms with van der Waals surface area (Å²) in [6, 6.07) is 9.29. The minimum atomic E-state index is -4.81. The van der Waals surface area contributed by atoms with Crippen molar-refractivity contribution in [3.05, 3.63) is 53.6 Å². The molecule has 0 saturated carbocycles. The maximum absolute atomic E-state index is 12.9. The molecule has 0 radical (unpaired) electrons. The lowest BCUT2D eigenvalue weighted by molar-refractivity contribution is -0.274. The minimum absolute atomic E-state index is 0.0234. The van der Waals surface area contributed by atoms with Crippen molar-refractivity contribution in [1.29, 1.82) is 0 Å². The summed E-state index contributed by atoms with van der Waals surface area (Å²) in [7, 11) is -3.90. The van der Waals surface area contributed by atoms with Crippen LogP contribution in [0.15, 0.2) is 53.4 Å². The number of halogens is 4. The van der Waals surface area contributed by atoms with E-state index in [0.29, 0.717) is 17.9 Å². The van der Waals surface area contributed by atoms with Crippen LogP contribution in [-0.4, -0.2) is 37.6 Å². The van der Waals surface area contributed by atoms with E-state index in [4.69, 9.17) is 11.6 Å². The van der Waals surface area contributed by atoms with Gasteiger partial charge in [0.1, 0.15) is 11.8 Å². The van der Waals surface area contributed by atoms with Gasteiger partial charge in [-0.2, -0.15) is 4.31 Å². The third-order valence-corrected chi connectivity index (χ3v) is 6.46. The molecule has 1 unspecified atom stereocenters. The van der Waals surface area contributed by atoms with E-state index in [2.05, 4.69) is 10.1 Å². The molecule has 1 amide bonds. The Morgan fingerprint density at radius 3 is 2.31 bits per heavy atom. The normalized spacial score (nSPS) is 17.9. The molecule has 6 nitrogen and oxygen atoms in total. The molecular formula is C18H16ClF3N2O4S. The number of alkyl halides is 3. The molecule has 3 rings (SSSR count). The lowest BCUT2D eigenvalue weighted by Crippen LogP contribution is -2.43. The molecule has 11 heteroatoms. The third-order valence-electron chi connectivity index (χ3n) is 4.28. The quantitative estimate of drug-likeness (QED) is 0.749. The van der Waals surface area contributed by atoms with Crippen molar-refractivity contribution in [1.82, 2.24) is 4.31 Å². The van der Waals surface area contributed by atoms with E-state index in [1.807, 2.05) is 0 Å². The van der Waals surface area contributed by atoms with Crippen LogP contribution in [0, 0.1) is 0 Å². The molecule has 156 valence electrons. The van der Waals surface area contributed by atoms with E-state index in [1.54, 1.807) is 0 Å². The molecule has 1 aliphatic heterocycles.